The summed E-state index contributed by atoms with van der Waals surface area (Å²) >= 11 is 0. The highest BCUT2D eigenvalue weighted by atomic mass is 19.1. The highest BCUT2D eigenvalue weighted by Crippen LogP contribution is 2.17. The van der Waals surface area contributed by atoms with Crippen LogP contribution in [-0.2, 0) is 4.79 Å². The van der Waals surface area contributed by atoms with Crippen molar-refractivity contribution < 1.29 is 18.3 Å². The Balaban J connectivity index is 2.46. The predicted molar refractivity (Wildman–Crippen MR) is 72.3 cm³/mol. The molecule has 1 unspecified atom stereocenters. The summed E-state index contributed by atoms with van der Waals surface area (Å²) in [5.74, 6) is -1.67. The Morgan fingerprint density at radius 3 is 2.65 bits per heavy atom. The molecule has 0 aromatic heterocycles. The normalized spacial score (nSPS) is 12.3. The first-order valence-electron chi connectivity index (χ1n) is 6.49. The van der Waals surface area contributed by atoms with Crippen molar-refractivity contribution in [2.75, 3.05) is 13.2 Å². The van der Waals surface area contributed by atoms with Crippen molar-refractivity contribution in [1.29, 1.82) is 0 Å². The number of benzene rings is 1. The summed E-state index contributed by atoms with van der Waals surface area (Å²) in [5.41, 5.74) is 5.56. The lowest BCUT2D eigenvalue weighted by molar-refractivity contribution is -0.123. The largest absolute Gasteiger partial charge is 0.481 e. The zero-order valence-corrected chi connectivity index (χ0v) is 11.7. The standard InChI is InChI=1S/C14H20F2N2O2/c1-9(2)5-11(7-17)18-14(19)8-20-13-4-3-10(15)6-12(13)16/h3-4,6,9,11H,5,7-8,17H2,1-2H3,(H,18,19). The second-order valence-corrected chi connectivity index (χ2v) is 4.99. The second kappa shape index (κ2) is 7.79. The summed E-state index contributed by atoms with van der Waals surface area (Å²) in [4.78, 5) is 11.7. The second-order valence-electron chi connectivity index (χ2n) is 4.99. The van der Waals surface area contributed by atoms with Crippen LogP contribution in [0, 0.1) is 17.6 Å². The fourth-order valence-corrected chi connectivity index (χ4v) is 1.79. The van der Waals surface area contributed by atoms with Crippen LogP contribution >= 0.6 is 0 Å². The van der Waals surface area contributed by atoms with Crippen molar-refractivity contribution in [2.45, 2.75) is 26.3 Å². The molecule has 0 aliphatic rings. The topological polar surface area (TPSA) is 64.3 Å². The van der Waals surface area contributed by atoms with Crippen LogP contribution in [0.3, 0.4) is 0 Å². The zero-order chi connectivity index (χ0) is 15.1. The molecule has 1 aromatic rings. The van der Waals surface area contributed by atoms with E-state index < -0.39 is 11.6 Å². The van der Waals surface area contributed by atoms with Gasteiger partial charge in [-0.3, -0.25) is 4.79 Å². The SMILES string of the molecule is CC(C)CC(CN)NC(=O)COc1ccc(F)cc1F. The molecule has 1 amide bonds. The van der Waals surface area contributed by atoms with Gasteiger partial charge in [-0.2, -0.15) is 0 Å². The van der Waals surface area contributed by atoms with Crippen molar-refractivity contribution in [1.82, 2.24) is 5.32 Å². The third-order valence-corrected chi connectivity index (χ3v) is 2.66. The maximum Gasteiger partial charge on any atom is 0.258 e. The highest BCUT2D eigenvalue weighted by Gasteiger charge is 2.13. The third kappa shape index (κ3) is 5.52. The van der Waals surface area contributed by atoms with Crippen LogP contribution in [0.15, 0.2) is 18.2 Å². The minimum absolute atomic E-state index is 0.135. The van der Waals surface area contributed by atoms with Crippen LogP contribution in [0.2, 0.25) is 0 Å². The molecule has 112 valence electrons. The number of nitrogens with one attached hydrogen (secondary N) is 1. The molecule has 0 heterocycles. The van der Waals surface area contributed by atoms with Crippen molar-refractivity contribution in [3.05, 3.63) is 29.8 Å². The summed E-state index contributed by atoms with van der Waals surface area (Å²) in [6.45, 7) is 4.05. The Morgan fingerprint density at radius 2 is 2.10 bits per heavy atom. The molecule has 1 aromatic carbocycles. The van der Waals surface area contributed by atoms with Crippen LogP contribution in [0.1, 0.15) is 20.3 Å². The molecule has 0 saturated carbocycles. The molecule has 3 N–H and O–H groups in total. The quantitative estimate of drug-likeness (QED) is 0.804. The Bertz CT molecular complexity index is 453. The van der Waals surface area contributed by atoms with E-state index in [2.05, 4.69) is 5.32 Å². The van der Waals surface area contributed by atoms with Gasteiger partial charge >= 0.3 is 0 Å². The number of carbonyl (C=O) groups excluding carboxylic acids is 1. The Kier molecular flexibility index (Phi) is 6.38. The molecule has 0 spiro atoms. The lowest BCUT2D eigenvalue weighted by atomic mass is 10.0. The maximum atomic E-state index is 13.3. The van der Waals surface area contributed by atoms with Crippen LogP contribution < -0.4 is 15.8 Å². The number of rotatable bonds is 7. The van der Waals surface area contributed by atoms with Crippen molar-refractivity contribution in [3.63, 3.8) is 0 Å². The van der Waals surface area contributed by atoms with E-state index in [9.17, 15) is 13.6 Å². The van der Waals surface area contributed by atoms with Gasteiger partial charge in [0.1, 0.15) is 5.82 Å². The average Bonchev–Trinajstić information content (AvgIpc) is 2.36. The molecule has 1 atom stereocenters. The van der Waals surface area contributed by atoms with Crippen LogP contribution in [-0.4, -0.2) is 25.1 Å². The summed E-state index contributed by atoms with van der Waals surface area (Å²) in [5, 5.41) is 2.71. The van der Waals surface area contributed by atoms with Gasteiger partial charge in [-0.05, 0) is 24.5 Å². The minimum atomic E-state index is -0.838. The van der Waals surface area contributed by atoms with Gasteiger partial charge in [0.25, 0.3) is 5.91 Å². The van der Waals surface area contributed by atoms with Crippen molar-refractivity contribution >= 4 is 5.91 Å². The van der Waals surface area contributed by atoms with Gasteiger partial charge in [0, 0.05) is 18.7 Å². The fourth-order valence-electron chi connectivity index (χ4n) is 1.79. The molecular weight excluding hydrogens is 266 g/mol. The summed E-state index contributed by atoms with van der Waals surface area (Å²) in [6.07, 6.45) is 0.757. The first kappa shape index (κ1) is 16.4. The summed E-state index contributed by atoms with van der Waals surface area (Å²) < 4.78 is 31.0. The third-order valence-electron chi connectivity index (χ3n) is 2.66. The van der Waals surface area contributed by atoms with Crippen molar-refractivity contribution in [2.24, 2.45) is 11.7 Å². The number of halogens is 2. The van der Waals surface area contributed by atoms with Gasteiger partial charge in [-0.25, -0.2) is 8.78 Å². The first-order chi connectivity index (χ1) is 9.42. The van der Waals surface area contributed by atoms with Gasteiger partial charge in [0.2, 0.25) is 0 Å². The van der Waals surface area contributed by atoms with E-state index in [1.165, 1.54) is 0 Å². The Hall–Kier alpha value is -1.69. The lowest BCUT2D eigenvalue weighted by Gasteiger charge is -2.18. The number of nitrogens with two attached hydrogens (primary N) is 1. The summed E-state index contributed by atoms with van der Waals surface area (Å²) in [6, 6.07) is 2.78. The lowest BCUT2D eigenvalue weighted by Crippen LogP contribution is -2.43. The molecule has 0 aliphatic heterocycles. The van der Waals surface area contributed by atoms with Crippen molar-refractivity contribution in [3.8, 4) is 5.75 Å². The van der Waals surface area contributed by atoms with E-state index in [0.29, 0.717) is 18.5 Å². The molecule has 0 fully saturated rings. The molecule has 6 heteroatoms. The fraction of sp³-hybridized carbons (Fsp3) is 0.500. The molecule has 0 aliphatic carbocycles. The van der Waals surface area contributed by atoms with Gasteiger partial charge in [0.15, 0.2) is 18.2 Å². The van der Waals surface area contributed by atoms with Crippen LogP contribution in [0.25, 0.3) is 0 Å². The van der Waals surface area contributed by atoms with E-state index in [0.717, 1.165) is 18.6 Å². The number of ether oxygens (including phenoxy) is 1. The van der Waals surface area contributed by atoms with Crippen LogP contribution in [0.4, 0.5) is 8.78 Å². The number of carbonyl (C=O) groups is 1. The Morgan fingerprint density at radius 1 is 1.40 bits per heavy atom. The van der Waals surface area contributed by atoms with Gasteiger partial charge in [-0.15, -0.1) is 0 Å². The average molecular weight is 286 g/mol. The molecule has 20 heavy (non-hydrogen) atoms. The highest BCUT2D eigenvalue weighted by molar-refractivity contribution is 5.77. The van der Waals surface area contributed by atoms with E-state index in [-0.39, 0.29) is 24.3 Å². The van der Waals surface area contributed by atoms with E-state index in [1.807, 2.05) is 13.8 Å². The smallest absolute Gasteiger partial charge is 0.258 e. The number of amides is 1. The molecule has 1 rings (SSSR count). The van der Waals surface area contributed by atoms with Gasteiger partial charge < -0.3 is 15.8 Å². The van der Waals surface area contributed by atoms with Crippen LogP contribution in [0.5, 0.6) is 5.75 Å². The predicted octanol–water partition coefficient (Wildman–Crippen LogP) is 1.83. The monoisotopic (exact) mass is 286 g/mol. The Labute approximate surface area is 117 Å². The van der Waals surface area contributed by atoms with Gasteiger partial charge in [0.05, 0.1) is 0 Å². The molecular formula is C14H20F2N2O2. The number of hydrogen-bond acceptors (Lipinski definition) is 3. The first-order valence-corrected chi connectivity index (χ1v) is 6.49. The van der Waals surface area contributed by atoms with E-state index in [4.69, 9.17) is 10.5 Å². The number of hydrogen-bond donors (Lipinski definition) is 2. The molecule has 0 radical (unpaired) electrons. The van der Waals surface area contributed by atoms with E-state index in [1.54, 1.807) is 0 Å². The zero-order valence-electron chi connectivity index (χ0n) is 11.7. The summed E-state index contributed by atoms with van der Waals surface area (Å²) in [7, 11) is 0. The maximum absolute atomic E-state index is 13.3. The molecule has 0 saturated heterocycles. The molecule has 4 nitrogen and oxygen atoms in total. The molecule has 0 bridgehead atoms. The minimum Gasteiger partial charge on any atom is -0.481 e. The van der Waals surface area contributed by atoms with E-state index >= 15 is 0 Å². The van der Waals surface area contributed by atoms with Gasteiger partial charge in [-0.1, -0.05) is 13.8 Å².